The first-order chi connectivity index (χ1) is 10.5. The summed E-state index contributed by atoms with van der Waals surface area (Å²) in [7, 11) is 1.71. The van der Waals surface area contributed by atoms with Crippen molar-refractivity contribution in [3.8, 4) is 5.75 Å². The van der Waals surface area contributed by atoms with Gasteiger partial charge >= 0.3 is 0 Å². The lowest BCUT2D eigenvalue weighted by Crippen LogP contribution is -2.16. The fourth-order valence-corrected chi connectivity index (χ4v) is 2.91. The van der Waals surface area contributed by atoms with Crippen LogP contribution in [0, 0.1) is 0 Å². The van der Waals surface area contributed by atoms with Gasteiger partial charge in [0.05, 0.1) is 7.11 Å². The van der Waals surface area contributed by atoms with Gasteiger partial charge in [-0.25, -0.2) is 0 Å². The van der Waals surface area contributed by atoms with Crippen LogP contribution >= 0.6 is 11.6 Å². The van der Waals surface area contributed by atoms with E-state index in [2.05, 4.69) is 32.0 Å². The van der Waals surface area contributed by atoms with Crippen LogP contribution in [0.15, 0.2) is 42.5 Å². The van der Waals surface area contributed by atoms with Crippen LogP contribution in [0.1, 0.15) is 42.4 Å². The molecule has 0 aliphatic rings. The van der Waals surface area contributed by atoms with Crippen molar-refractivity contribution in [1.82, 2.24) is 0 Å². The van der Waals surface area contributed by atoms with Crippen molar-refractivity contribution in [2.24, 2.45) is 5.73 Å². The Morgan fingerprint density at radius 3 is 2.50 bits per heavy atom. The summed E-state index contributed by atoms with van der Waals surface area (Å²) < 4.78 is 5.54. The number of benzene rings is 2. The van der Waals surface area contributed by atoms with E-state index in [9.17, 15) is 0 Å². The van der Waals surface area contributed by atoms with Gasteiger partial charge in [0.25, 0.3) is 0 Å². The quantitative estimate of drug-likeness (QED) is 0.834. The Hall–Kier alpha value is -1.51. The molecule has 3 heteroatoms. The highest BCUT2D eigenvalue weighted by atomic mass is 35.5. The second-order valence-electron chi connectivity index (χ2n) is 5.92. The molecule has 0 aliphatic carbocycles. The molecule has 0 saturated carbocycles. The number of ether oxygens (including phenoxy) is 1. The maximum atomic E-state index is 6.09. The molecule has 0 saturated heterocycles. The van der Waals surface area contributed by atoms with E-state index in [1.807, 2.05) is 24.3 Å². The maximum absolute atomic E-state index is 6.09. The Morgan fingerprint density at radius 1 is 1.14 bits per heavy atom. The third-order valence-corrected chi connectivity index (χ3v) is 4.25. The molecule has 0 fully saturated rings. The van der Waals surface area contributed by atoms with Crippen LogP contribution in [-0.4, -0.2) is 13.7 Å². The van der Waals surface area contributed by atoms with E-state index in [0.29, 0.717) is 12.5 Å². The highest BCUT2D eigenvalue weighted by molar-refractivity contribution is 6.30. The van der Waals surface area contributed by atoms with E-state index < -0.39 is 0 Å². The number of hydrogen-bond acceptors (Lipinski definition) is 2. The van der Waals surface area contributed by atoms with Crippen LogP contribution in [0.3, 0.4) is 0 Å². The van der Waals surface area contributed by atoms with Gasteiger partial charge in [-0.1, -0.05) is 49.7 Å². The summed E-state index contributed by atoms with van der Waals surface area (Å²) in [6.45, 7) is 4.96. The fraction of sp³-hybridized carbons (Fsp3) is 0.368. The van der Waals surface area contributed by atoms with Crippen LogP contribution in [0.2, 0.25) is 5.02 Å². The molecule has 1 atom stereocenters. The molecule has 1 unspecified atom stereocenters. The molecule has 0 heterocycles. The molecule has 2 nitrogen and oxygen atoms in total. The minimum atomic E-state index is 0.215. The second kappa shape index (κ2) is 7.66. The van der Waals surface area contributed by atoms with E-state index >= 15 is 0 Å². The lowest BCUT2D eigenvalue weighted by molar-refractivity contribution is 0.405. The summed E-state index contributed by atoms with van der Waals surface area (Å²) in [5.74, 6) is 1.60. The molecule has 0 bridgehead atoms. The van der Waals surface area contributed by atoms with Crippen LogP contribution in [0.25, 0.3) is 0 Å². The Morgan fingerprint density at radius 2 is 1.91 bits per heavy atom. The summed E-state index contributed by atoms with van der Waals surface area (Å²) in [4.78, 5) is 0. The van der Waals surface area contributed by atoms with Crippen molar-refractivity contribution < 1.29 is 4.74 Å². The van der Waals surface area contributed by atoms with E-state index in [4.69, 9.17) is 22.1 Å². The lowest BCUT2D eigenvalue weighted by atomic mass is 9.88. The average Bonchev–Trinajstić information content (AvgIpc) is 2.52. The number of hydrogen-bond donors (Lipinski definition) is 1. The zero-order chi connectivity index (χ0) is 16.1. The van der Waals surface area contributed by atoms with Gasteiger partial charge in [-0.2, -0.15) is 0 Å². The lowest BCUT2D eigenvalue weighted by Gasteiger charge is -2.20. The maximum Gasteiger partial charge on any atom is 0.122 e. The van der Waals surface area contributed by atoms with Gasteiger partial charge in [0, 0.05) is 10.9 Å². The number of halogens is 1. The normalized spacial score (nSPS) is 12.5. The molecule has 0 aliphatic heterocycles. The molecule has 118 valence electrons. The van der Waals surface area contributed by atoms with Crippen molar-refractivity contribution in [3.63, 3.8) is 0 Å². The standard InChI is InChI=1S/C19H24ClNO/c1-13(2)15-7-8-19(22-3)18(11-15)16(12-21)9-14-5-4-6-17(20)10-14/h4-8,10-11,13,16H,9,12,21H2,1-3H3. The SMILES string of the molecule is COc1ccc(C(C)C)cc1C(CN)Cc1cccc(Cl)c1. The van der Waals surface area contributed by atoms with E-state index in [1.54, 1.807) is 7.11 Å². The molecule has 22 heavy (non-hydrogen) atoms. The van der Waals surface area contributed by atoms with Crippen LogP contribution in [0.4, 0.5) is 0 Å². The second-order valence-corrected chi connectivity index (χ2v) is 6.36. The Balaban J connectivity index is 2.35. The third kappa shape index (κ3) is 4.02. The molecule has 0 amide bonds. The van der Waals surface area contributed by atoms with Crippen molar-refractivity contribution in [2.45, 2.75) is 32.1 Å². The third-order valence-electron chi connectivity index (χ3n) is 4.02. The first-order valence-electron chi connectivity index (χ1n) is 7.67. The zero-order valence-corrected chi connectivity index (χ0v) is 14.2. The summed E-state index contributed by atoms with van der Waals surface area (Å²) >= 11 is 6.09. The van der Waals surface area contributed by atoms with Crippen LogP contribution < -0.4 is 10.5 Å². The van der Waals surface area contributed by atoms with Gasteiger partial charge in [0.2, 0.25) is 0 Å². The van der Waals surface area contributed by atoms with Crippen molar-refractivity contribution in [1.29, 1.82) is 0 Å². The van der Waals surface area contributed by atoms with Gasteiger partial charge in [0.1, 0.15) is 5.75 Å². The van der Waals surface area contributed by atoms with E-state index in [1.165, 1.54) is 16.7 Å². The Kier molecular flexibility index (Phi) is 5.87. The number of nitrogens with two attached hydrogens (primary N) is 1. The molecular weight excluding hydrogens is 294 g/mol. The van der Waals surface area contributed by atoms with Crippen molar-refractivity contribution in [2.75, 3.05) is 13.7 Å². The first-order valence-corrected chi connectivity index (χ1v) is 8.05. The van der Waals surface area contributed by atoms with E-state index in [0.717, 1.165) is 17.2 Å². The molecule has 2 N–H and O–H groups in total. The Bertz CT molecular complexity index is 625. The van der Waals surface area contributed by atoms with Gasteiger partial charge in [-0.3, -0.25) is 0 Å². The van der Waals surface area contributed by atoms with Gasteiger partial charge in [-0.15, -0.1) is 0 Å². The molecule has 2 rings (SSSR count). The topological polar surface area (TPSA) is 35.2 Å². The smallest absolute Gasteiger partial charge is 0.122 e. The molecule has 0 radical (unpaired) electrons. The molecule has 2 aromatic carbocycles. The number of methoxy groups -OCH3 is 1. The highest BCUT2D eigenvalue weighted by Crippen LogP contribution is 2.32. The molecular formula is C19H24ClNO. The van der Waals surface area contributed by atoms with E-state index in [-0.39, 0.29) is 5.92 Å². The summed E-state index contributed by atoms with van der Waals surface area (Å²) in [6.07, 6.45) is 0.856. The van der Waals surface area contributed by atoms with Crippen LogP contribution in [0.5, 0.6) is 5.75 Å². The monoisotopic (exact) mass is 317 g/mol. The minimum absolute atomic E-state index is 0.215. The minimum Gasteiger partial charge on any atom is -0.496 e. The molecule has 2 aromatic rings. The molecule has 0 spiro atoms. The average molecular weight is 318 g/mol. The van der Waals surface area contributed by atoms with Gasteiger partial charge < -0.3 is 10.5 Å². The Labute approximate surface area is 138 Å². The highest BCUT2D eigenvalue weighted by Gasteiger charge is 2.17. The van der Waals surface area contributed by atoms with Crippen molar-refractivity contribution >= 4 is 11.6 Å². The van der Waals surface area contributed by atoms with Gasteiger partial charge in [0.15, 0.2) is 0 Å². The summed E-state index contributed by atoms with van der Waals surface area (Å²) in [5, 5.41) is 0.760. The largest absolute Gasteiger partial charge is 0.496 e. The zero-order valence-electron chi connectivity index (χ0n) is 13.5. The summed E-state index contributed by atoms with van der Waals surface area (Å²) in [6, 6.07) is 14.4. The summed E-state index contributed by atoms with van der Waals surface area (Å²) in [5.41, 5.74) is 9.73. The molecule has 0 aromatic heterocycles. The van der Waals surface area contributed by atoms with Crippen molar-refractivity contribution in [3.05, 3.63) is 64.2 Å². The van der Waals surface area contributed by atoms with Crippen LogP contribution in [-0.2, 0) is 6.42 Å². The van der Waals surface area contributed by atoms with Gasteiger partial charge in [-0.05, 0) is 53.8 Å². The predicted octanol–water partition coefficient (Wildman–Crippen LogP) is 4.76. The number of rotatable bonds is 6. The predicted molar refractivity (Wildman–Crippen MR) is 94.0 cm³/mol. The fourth-order valence-electron chi connectivity index (χ4n) is 2.70. The first kappa shape index (κ1) is 16.9.